The molecule has 19 heavy (non-hydrogen) atoms. The second kappa shape index (κ2) is 4.91. The van der Waals surface area contributed by atoms with Gasteiger partial charge in [-0.1, -0.05) is 12.1 Å². The largest absolute Gasteiger partial charge is 0.471 e. The van der Waals surface area contributed by atoms with Gasteiger partial charge in [0.2, 0.25) is 5.91 Å². The number of para-hydroxylation sites is 2. The number of rotatable bonds is 2. The zero-order chi connectivity index (χ0) is 14.0. The Morgan fingerprint density at radius 2 is 1.95 bits per heavy atom. The minimum Gasteiger partial charge on any atom is -0.316 e. The Kier molecular flexibility index (Phi) is 3.46. The summed E-state index contributed by atoms with van der Waals surface area (Å²) in [5.74, 6) is -2.21. The van der Waals surface area contributed by atoms with Crippen LogP contribution in [0.3, 0.4) is 0 Å². The number of amides is 2. The van der Waals surface area contributed by atoms with Crippen molar-refractivity contribution in [2.75, 3.05) is 16.8 Å². The lowest BCUT2D eigenvalue weighted by Gasteiger charge is -2.20. The van der Waals surface area contributed by atoms with E-state index in [4.69, 9.17) is 0 Å². The van der Waals surface area contributed by atoms with Gasteiger partial charge in [-0.15, -0.1) is 0 Å². The number of carbonyl (C=O) groups is 2. The lowest BCUT2D eigenvalue weighted by Crippen LogP contribution is -2.31. The molecular formula is C12H11F3N2O2. The van der Waals surface area contributed by atoms with Crippen LogP contribution in [-0.2, 0) is 9.59 Å². The number of anilines is 2. The average Bonchev–Trinajstić information content (AvgIpc) is 2.75. The average molecular weight is 272 g/mol. The van der Waals surface area contributed by atoms with Gasteiger partial charge in [-0.2, -0.15) is 13.2 Å². The second-order valence-electron chi connectivity index (χ2n) is 4.12. The number of benzene rings is 1. The van der Waals surface area contributed by atoms with Crippen LogP contribution in [0, 0.1) is 0 Å². The first-order valence-electron chi connectivity index (χ1n) is 5.67. The molecular weight excluding hydrogens is 261 g/mol. The van der Waals surface area contributed by atoms with Gasteiger partial charge in [0.05, 0.1) is 11.4 Å². The topological polar surface area (TPSA) is 49.4 Å². The van der Waals surface area contributed by atoms with Crippen LogP contribution in [0.15, 0.2) is 24.3 Å². The molecule has 0 aliphatic carbocycles. The molecule has 0 atom stereocenters. The first-order chi connectivity index (χ1) is 8.89. The van der Waals surface area contributed by atoms with Crippen molar-refractivity contribution in [3.63, 3.8) is 0 Å². The molecule has 102 valence electrons. The van der Waals surface area contributed by atoms with E-state index >= 15 is 0 Å². The summed E-state index contributed by atoms with van der Waals surface area (Å²) >= 11 is 0. The SMILES string of the molecule is O=C1CCCN1c1ccccc1NC(=O)C(F)(F)F. The molecule has 1 aliphatic heterocycles. The molecule has 0 saturated carbocycles. The molecule has 1 saturated heterocycles. The van der Waals surface area contributed by atoms with E-state index in [0.29, 0.717) is 25.1 Å². The number of carbonyl (C=O) groups excluding carboxylic acids is 2. The quantitative estimate of drug-likeness (QED) is 0.898. The molecule has 0 unspecified atom stereocenters. The lowest BCUT2D eigenvalue weighted by atomic mass is 10.2. The van der Waals surface area contributed by atoms with Crippen LogP contribution >= 0.6 is 0 Å². The molecule has 1 heterocycles. The van der Waals surface area contributed by atoms with E-state index in [1.807, 2.05) is 0 Å². The predicted octanol–water partition coefficient (Wildman–Crippen LogP) is 2.31. The van der Waals surface area contributed by atoms with Crippen molar-refractivity contribution in [3.8, 4) is 0 Å². The van der Waals surface area contributed by atoms with Gasteiger partial charge in [-0.05, 0) is 18.6 Å². The summed E-state index contributed by atoms with van der Waals surface area (Å²) in [7, 11) is 0. The number of halogens is 3. The summed E-state index contributed by atoms with van der Waals surface area (Å²) < 4.78 is 36.7. The molecule has 2 rings (SSSR count). The first kappa shape index (κ1) is 13.4. The first-order valence-corrected chi connectivity index (χ1v) is 5.67. The van der Waals surface area contributed by atoms with Crippen LogP contribution in [0.1, 0.15) is 12.8 Å². The van der Waals surface area contributed by atoms with E-state index in [1.165, 1.54) is 23.1 Å². The molecule has 2 amide bonds. The van der Waals surface area contributed by atoms with Crippen molar-refractivity contribution in [3.05, 3.63) is 24.3 Å². The summed E-state index contributed by atoms with van der Waals surface area (Å²) in [4.78, 5) is 23.9. The van der Waals surface area contributed by atoms with Crippen LogP contribution in [0.2, 0.25) is 0 Å². The zero-order valence-corrected chi connectivity index (χ0v) is 9.83. The third-order valence-electron chi connectivity index (χ3n) is 2.77. The number of nitrogens with zero attached hydrogens (tertiary/aromatic N) is 1. The van der Waals surface area contributed by atoms with Crippen LogP contribution in [0.25, 0.3) is 0 Å². The minimum absolute atomic E-state index is 0.0138. The summed E-state index contributed by atoms with van der Waals surface area (Å²) in [6.45, 7) is 0.442. The zero-order valence-electron chi connectivity index (χ0n) is 9.83. The van der Waals surface area contributed by atoms with E-state index in [9.17, 15) is 22.8 Å². The normalized spacial score (nSPS) is 15.7. The molecule has 1 aromatic carbocycles. The monoisotopic (exact) mass is 272 g/mol. The highest BCUT2D eigenvalue weighted by molar-refractivity contribution is 6.03. The van der Waals surface area contributed by atoms with E-state index < -0.39 is 12.1 Å². The second-order valence-corrected chi connectivity index (χ2v) is 4.12. The third-order valence-corrected chi connectivity index (χ3v) is 2.77. The molecule has 7 heteroatoms. The molecule has 0 radical (unpaired) electrons. The number of alkyl halides is 3. The van der Waals surface area contributed by atoms with Crippen molar-refractivity contribution >= 4 is 23.2 Å². The van der Waals surface area contributed by atoms with Gasteiger partial charge in [-0.3, -0.25) is 9.59 Å². The van der Waals surface area contributed by atoms with Crippen LogP contribution < -0.4 is 10.2 Å². The van der Waals surface area contributed by atoms with E-state index in [2.05, 4.69) is 0 Å². The van der Waals surface area contributed by atoms with Gasteiger partial charge in [0.25, 0.3) is 0 Å². The van der Waals surface area contributed by atoms with Gasteiger partial charge in [0, 0.05) is 13.0 Å². The molecule has 1 N–H and O–H groups in total. The summed E-state index contributed by atoms with van der Waals surface area (Å²) in [5, 5.41) is 1.79. The van der Waals surface area contributed by atoms with Gasteiger partial charge < -0.3 is 10.2 Å². The molecule has 0 spiro atoms. The van der Waals surface area contributed by atoms with Crippen molar-refractivity contribution in [1.82, 2.24) is 0 Å². The fourth-order valence-corrected chi connectivity index (χ4v) is 1.91. The molecule has 1 fully saturated rings. The summed E-state index contributed by atoms with van der Waals surface area (Å²) in [6, 6.07) is 5.94. The van der Waals surface area contributed by atoms with E-state index in [0.717, 1.165) is 0 Å². The molecule has 1 aliphatic rings. The molecule has 1 aromatic rings. The Balaban J connectivity index is 2.26. The predicted molar refractivity (Wildman–Crippen MR) is 62.7 cm³/mol. The maximum atomic E-state index is 12.2. The van der Waals surface area contributed by atoms with Gasteiger partial charge >= 0.3 is 12.1 Å². The Morgan fingerprint density at radius 3 is 2.53 bits per heavy atom. The van der Waals surface area contributed by atoms with Crippen molar-refractivity contribution in [2.45, 2.75) is 19.0 Å². The van der Waals surface area contributed by atoms with Gasteiger partial charge in [-0.25, -0.2) is 0 Å². The number of hydrogen-bond donors (Lipinski definition) is 1. The van der Waals surface area contributed by atoms with Crippen LogP contribution in [0.5, 0.6) is 0 Å². The number of nitrogens with one attached hydrogen (secondary N) is 1. The maximum Gasteiger partial charge on any atom is 0.471 e. The van der Waals surface area contributed by atoms with Gasteiger partial charge in [0.1, 0.15) is 0 Å². The van der Waals surface area contributed by atoms with Crippen molar-refractivity contribution in [2.24, 2.45) is 0 Å². The summed E-state index contributed by atoms with van der Waals surface area (Å²) in [5.41, 5.74) is 0.280. The summed E-state index contributed by atoms with van der Waals surface area (Å²) in [6.07, 6.45) is -3.94. The highest BCUT2D eigenvalue weighted by Gasteiger charge is 2.39. The van der Waals surface area contributed by atoms with Crippen molar-refractivity contribution < 1.29 is 22.8 Å². The Bertz CT molecular complexity index is 514. The van der Waals surface area contributed by atoms with Crippen LogP contribution in [-0.4, -0.2) is 24.5 Å². The van der Waals surface area contributed by atoms with E-state index in [1.54, 1.807) is 11.4 Å². The lowest BCUT2D eigenvalue weighted by molar-refractivity contribution is -0.167. The minimum atomic E-state index is -4.96. The molecule has 4 nitrogen and oxygen atoms in total. The Labute approximate surface area is 107 Å². The maximum absolute atomic E-state index is 12.2. The smallest absolute Gasteiger partial charge is 0.316 e. The highest BCUT2D eigenvalue weighted by atomic mass is 19.4. The Hall–Kier alpha value is -2.05. The van der Waals surface area contributed by atoms with Crippen LogP contribution in [0.4, 0.5) is 24.5 Å². The third kappa shape index (κ3) is 2.86. The fraction of sp³-hybridized carbons (Fsp3) is 0.333. The fourth-order valence-electron chi connectivity index (χ4n) is 1.91. The van der Waals surface area contributed by atoms with Crippen molar-refractivity contribution in [1.29, 1.82) is 0 Å². The Morgan fingerprint density at radius 1 is 1.26 bits per heavy atom. The van der Waals surface area contributed by atoms with Gasteiger partial charge in [0.15, 0.2) is 0 Å². The van der Waals surface area contributed by atoms with E-state index in [-0.39, 0.29) is 11.6 Å². The number of hydrogen-bond acceptors (Lipinski definition) is 2. The standard InChI is InChI=1S/C12H11F3N2O2/c13-12(14,15)11(19)16-8-4-1-2-5-9(8)17-7-3-6-10(17)18/h1-2,4-5H,3,6-7H2,(H,16,19). The highest BCUT2D eigenvalue weighted by Crippen LogP contribution is 2.30. The molecule has 0 bridgehead atoms. The molecule has 0 aromatic heterocycles.